The smallest absolute Gasteiger partial charge is 0.135 e. The zero-order valence-electron chi connectivity index (χ0n) is 11.6. The average molecular weight is 274 g/mol. The zero-order chi connectivity index (χ0) is 14.4. The molecule has 0 aliphatic carbocycles. The van der Waals surface area contributed by atoms with Gasteiger partial charge in [-0.1, -0.05) is 18.2 Å². The second-order valence-electron chi connectivity index (χ2n) is 5.24. The lowest BCUT2D eigenvalue weighted by Gasteiger charge is -2.06. The Morgan fingerprint density at radius 2 is 1.76 bits per heavy atom. The summed E-state index contributed by atoms with van der Waals surface area (Å²) in [4.78, 5) is 4.46. The van der Waals surface area contributed by atoms with Gasteiger partial charge in [0.05, 0.1) is 17.6 Å². The third-order valence-electron chi connectivity index (χ3n) is 3.75. The van der Waals surface area contributed by atoms with E-state index in [4.69, 9.17) is 10.2 Å². The number of para-hydroxylation sites is 1. The van der Waals surface area contributed by atoms with Gasteiger partial charge in [0.1, 0.15) is 11.2 Å². The molecule has 4 rings (SSSR count). The van der Waals surface area contributed by atoms with E-state index >= 15 is 0 Å². The second-order valence-corrected chi connectivity index (χ2v) is 5.24. The van der Waals surface area contributed by atoms with Crippen LogP contribution in [0.5, 0.6) is 0 Å². The van der Waals surface area contributed by atoms with Crippen LogP contribution in [0, 0.1) is 6.92 Å². The van der Waals surface area contributed by atoms with E-state index in [1.807, 2.05) is 43.3 Å². The summed E-state index contributed by atoms with van der Waals surface area (Å²) in [7, 11) is 0. The first-order valence-corrected chi connectivity index (χ1v) is 6.86. The Morgan fingerprint density at radius 1 is 0.952 bits per heavy atom. The molecule has 2 N–H and O–H groups in total. The summed E-state index contributed by atoms with van der Waals surface area (Å²) in [6.45, 7) is 2.02. The Kier molecular flexibility index (Phi) is 2.48. The maximum absolute atomic E-state index is 5.85. The van der Waals surface area contributed by atoms with Crippen LogP contribution in [0.3, 0.4) is 0 Å². The lowest BCUT2D eigenvalue weighted by atomic mass is 10.0. The van der Waals surface area contributed by atoms with Crippen molar-refractivity contribution in [2.24, 2.45) is 0 Å². The maximum Gasteiger partial charge on any atom is 0.135 e. The molecule has 0 aliphatic heterocycles. The van der Waals surface area contributed by atoms with Crippen molar-refractivity contribution in [2.75, 3.05) is 5.73 Å². The Labute approximate surface area is 122 Å². The van der Waals surface area contributed by atoms with Crippen LogP contribution in [0.1, 0.15) is 5.56 Å². The van der Waals surface area contributed by atoms with E-state index in [9.17, 15) is 0 Å². The van der Waals surface area contributed by atoms with Gasteiger partial charge in [-0.3, -0.25) is 4.98 Å². The quantitative estimate of drug-likeness (QED) is 0.554. The van der Waals surface area contributed by atoms with Crippen LogP contribution in [-0.4, -0.2) is 4.98 Å². The minimum absolute atomic E-state index is 0.686. The van der Waals surface area contributed by atoms with Crippen molar-refractivity contribution in [1.29, 1.82) is 0 Å². The van der Waals surface area contributed by atoms with Crippen molar-refractivity contribution in [3.05, 3.63) is 60.3 Å². The van der Waals surface area contributed by atoms with Crippen LogP contribution in [0.4, 0.5) is 5.69 Å². The highest BCUT2D eigenvalue weighted by molar-refractivity contribution is 6.06. The van der Waals surface area contributed by atoms with E-state index in [-0.39, 0.29) is 0 Å². The number of pyridine rings is 1. The fraction of sp³-hybridized carbons (Fsp3) is 0.0556. The molecule has 0 saturated carbocycles. The molecule has 0 spiro atoms. The van der Waals surface area contributed by atoms with E-state index in [0.717, 1.165) is 38.8 Å². The second kappa shape index (κ2) is 4.35. The monoisotopic (exact) mass is 274 g/mol. The number of hydrogen-bond donors (Lipinski definition) is 1. The van der Waals surface area contributed by atoms with Crippen LogP contribution >= 0.6 is 0 Å². The van der Waals surface area contributed by atoms with Gasteiger partial charge in [0.25, 0.3) is 0 Å². The molecule has 0 unspecified atom stereocenters. The van der Waals surface area contributed by atoms with Crippen molar-refractivity contribution < 1.29 is 4.42 Å². The molecular weight excluding hydrogens is 260 g/mol. The summed E-state index contributed by atoms with van der Waals surface area (Å²) in [5.41, 5.74) is 11.4. The Hall–Kier alpha value is -2.81. The zero-order valence-corrected chi connectivity index (χ0v) is 11.6. The molecule has 21 heavy (non-hydrogen) atoms. The van der Waals surface area contributed by atoms with Crippen LogP contribution in [0.15, 0.2) is 59.1 Å². The number of nitrogens with two attached hydrogens (primary N) is 1. The van der Waals surface area contributed by atoms with Gasteiger partial charge in [0.15, 0.2) is 0 Å². The Morgan fingerprint density at radius 3 is 2.62 bits per heavy atom. The van der Waals surface area contributed by atoms with Crippen LogP contribution < -0.4 is 5.73 Å². The van der Waals surface area contributed by atoms with E-state index in [2.05, 4.69) is 17.1 Å². The molecule has 2 aromatic carbocycles. The maximum atomic E-state index is 5.85. The number of furan rings is 1. The first kappa shape index (κ1) is 12.0. The largest absolute Gasteiger partial charge is 0.456 e. The average Bonchev–Trinajstić information content (AvgIpc) is 2.85. The summed E-state index contributed by atoms with van der Waals surface area (Å²) in [6.07, 6.45) is 1.69. The first-order valence-electron chi connectivity index (χ1n) is 6.86. The third-order valence-corrected chi connectivity index (χ3v) is 3.75. The molecule has 4 aromatic rings. The SMILES string of the molecule is Cc1cc(N)cnc1-c1ccc2oc3ccccc3c2c1. The fourth-order valence-corrected chi connectivity index (χ4v) is 2.77. The van der Waals surface area contributed by atoms with Gasteiger partial charge in [-0.05, 0) is 42.8 Å². The van der Waals surface area contributed by atoms with E-state index < -0.39 is 0 Å². The number of anilines is 1. The highest BCUT2D eigenvalue weighted by Gasteiger charge is 2.10. The standard InChI is InChI=1S/C18H14N2O/c1-11-8-13(19)10-20-18(11)12-6-7-17-15(9-12)14-4-2-3-5-16(14)21-17/h2-10H,19H2,1H3. The minimum Gasteiger partial charge on any atom is -0.456 e. The predicted molar refractivity (Wildman–Crippen MR) is 86.1 cm³/mol. The first-order chi connectivity index (χ1) is 10.2. The number of fused-ring (bicyclic) bond motifs is 3. The Bertz CT molecular complexity index is 969. The van der Waals surface area contributed by atoms with Gasteiger partial charge in [0, 0.05) is 16.3 Å². The number of benzene rings is 2. The number of nitrogen functional groups attached to an aromatic ring is 1. The van der Waals surface area contributed by atoms with Gasteiger partial charge >= 0.3 is 0 Å². The van der Waals surface area contributed by atoms with Crippen molar-refractivity contribution >= 4 is 27.6 Å². The lowest BCUT2D eigenvalue weighted by molar-refractivity contribution is 0.669. The number of rotatable bonds is 1. The van der Waals surface area contributed by atoms with E-state index in [0.29, 0.717) is 5.69 Å². The summed E-state index contributed by atoms with van der Waals surface area (Å²) in [6, 6.07) is 16.2. The summed E-state index contributed by atoms with van der Waals surface area (Å²) < 4.78 is 5.85. The molecule has 2 aromatic heterocycles. The van der Waals surface area contributed by atoms with Gasteiger partial charge in [-0.15, -0.1) is 0 Å². The Balaban J connectivity index is 1.99. The van der Waals surface area contributed by atoms with Crippen molar-refractivity contribution in [1.82, 2.24) is 4.98 Å². The van der Waals surface area contributed by atoms with E-state index in [1.54, 1.807) is 6.20 Å². The summed E-state index contributed by atoms with van der Waals surface area (Å²) in [5, 5.41) is 2.24. The molecule has 0 atom stereocenters. The fourth-order valence-electron chi connectivity index (χ4n) is 2.77. The van der Waals surface area contributed by atoms with E-state index in [1.165, 1.54) is 0 Å². The van der Waals surface area contributed by atoms with Gasteiger partial charge in [-0.2, -0.15) is 0 Å². The van der Waals surface area contributed by atoms with Crippen molar-refractivity contribution in [2.45, 2.75) is 6.92 Å². The van der Waals surface area contributed by atoms with Gasteiger partial charge in [-0.25, -0.2) is 0 Å². The van der Waals surface area contributed by atoms with Gasteiger partial charge in [0.2, 0.25) is 0 Å². The van der Waals surface area contributed by atoms with Crippen molar-refractivity contribution in [3.8, 4) is 11.3 Å². The van der Waals surface area contributed by atoms with Crippen LogP contribution in [0.2, 0.25) is 0 Å². The highest BCUT2D eigenvalue weighted by Crippen LogP contribution is 2.32. The van der Waals surface area contributed by atoms with Gasteiger partial charge < -0.3 is 10.2 Å². The van der Waals surface area contributed by atoms with Crippen LogP contribution in [-0.2, 0) is 0 Å². The number of hydrogen-bond acceptors (Lipinski definition) is 3. The number of nitrogens with zero attached hydrogens (tertiary/aromatic N) is 1. The number of aryl methyl sites for hydroxylation is 1. The number of aromatic nitrogens is 1. The highest BCUT2D eigenvalue weighted by atomic mass is 16.3. The molecule has 0 fully saturated rings. The predicted octanol–water partition coefficient (Wildman–Crippen LogP) is 4.54. The minimum atomic E-state index is 0.686. The molecule has 0 aliphatic rings. The molecule has 102 valence electrons. The summed E-state index contributed by atoms with van der Waals surface area (Å²) >= 11 is 0. The van der Waals surface area contributed by atoms with Crippen molar-refractivity contribution in [3.63, 3.8) is 0 Å². The molecular formula is C18H14N2O. The molecule has 2 heterocycles. The molecule has 0 amide bonds. The lowest BCUT2D eigenvalue weighted by Crippen LogP contribution is -1.92. The molecule has 3 nitrogen and oxygen atoms in total. The topological polar surface area (TPSA) is 52.0 Å². The normalized spacial score (nSPS) is 11.3. The third kappa shape index (κ3) is 1.86. The molecule has 0 saturated heterocycles. The molecule has 3 heteroatoms. The molecule has 0 bridgehead atoms. The summed E-state index contributed by atoms with van der Waals surface area (Å²) in [5.74, 6) is 0. The molecule has 0 radical (unpaired) electrons. The van der Waals surface area contributed by atoms with Crippen LogP contribution in [0.25, 0.3) is 33.2 Å².